The molecule has 0 aromatic carbocycles. The van der Waals surface area contributed by atoms with Gasteiger partial charge in [0, 0.05) is 0 Å². The van der Waals surface area contributed by atoms with Gasteiger partial charge in [-0.3, -0.25) is 4.99 Å². The van der Waals surface area contributed by atoms with Crippen LogP contribution in [0.4, 0.5) is 0 Å². The maximum atomic E-state index is 8.85. The molecule has 9 heavy (non-hydrogen) atoms. The quantitative estimate of drug-likeness (QED) is 0.340. The third-order valence-electron chi connectivity index (χ3n) is 0.709. The van der Waals surface area contributed by atoms with Crippen molar-refractivity contribution in [1.29, 1.82) is 0 Å². The summed E-state index contributed by atoms with van der Waals surface area (Å²) in [7, 11) is 0. The van der Waals surface area contributed by atoms with E-state index in [2.05, 4.69) is 16.7 Å². The molecule has 3 heteroatoms. The van der Waals surface area contributed by atoms with Crippen molar-refractivity contribution in [1.82, 2.24) is 0 Å². The fourth-order valence-electron chi connectivity index (χ4n) is 0.225. The number of allylic oxidation sites excluding steroid dienone is 1. The van der Waals surface area contributed by atoms with Crippen LogP contribution < -0.4 is 0 Å². The normalized spacial score (nSPS) is 9.56. The molecule has 0 amide bonds. The van der Waals surface area contributed by atoms with Crippen LogP contribution in [0.1, 0.15) is 13.8 Å². The van der Waals surface area contributed by atoms with E-state index >= 15 is 0 Å². The molecule has 0 saturated carbocycles. The third kappa shape index (κ3) is 3.46. The molecule has 0 aliphatic carbocycles. The van der Waals surface area contributed by atoms with E-state index in [1.165, 1.54) is 6.34 Å². The predicted octanol–water partition coefficient (Wildman–Crippen LogP) is 1.52. The predicted molar refractivity (Wildman–Crippen MR) is 39.0 cm³/mol. The summed E-state index contributed by atoms with van der Waals surface area (Å²) in [6, 6.07) is 0. The van der Waals surface area contributed by atoms with Gasteiger partial charge in [0.05, 0.1) is 0 Å². The second kappa shape index (κ2) is 3.83. The lowest BCUT2D eigenvalue weighted by molar-refractivity contribution is 0.400. The smallest absolute Gasteiger partial charge is 0.210 e. The minimum Gasteiger partial charge on any atom is -0.493 e. The largest absolute Gasteiger partial charge is 0.493 e. The standard InChI is InChI=1S/C6H10N2O/c1-5(2)6(9)8-4-7-3/h4,9H,3H2,1-2H3/b8-4-. The van der Waals surface area contributed by atoms with E-state index in [0.717, 1.165) is 5.57 Å². The van der Waals surface area contributed by atoms with Gasteiger partial charge < -0.3 is 5.11 Å². The Labute approximate surface area is 54.5 Å². The third-order valence-corrected chi connectivity index (χ3v) is 0.709. The monoisotopic (exact) mass is 126 g/mol. The highest BCUT2D eigenvalue weighted by molar-refractivity contribution is 5.62. The maximum absolute atomic E-state index is 8.85. The highest BCUT2D eigenvalue weighted by Gasteiger charge is 1.86. The Balaban J connectivity index is 4.06. The van der Waals surface area contributed by atoms with Crippen LogP contribution >= 0.6 is 0 Å². The molecule has 0 fully saturated rings. The molecule has 0 spiro atoms. The lowest BCUT2D eigenvalue weighted by Gasteiger charge is -1.89. The van der Waals surface area contributed by atoms with Gasteiger partial charge >= 0.3 is 0 Å². The van der Waals surface area contributed by atoms with Gasteiger partial charge in [0.15, 0.2) is 0 Å². The summed E-state index contributed by atoms with van der Waals surface area (Å²) in [6.45, 7) is 6.68. The van der Waals surface area contributed by atoms with Crippen LogP contribution in [0.15, 0.2) is 21.4 Å². The maximum Gasteiger partial charge on any atom is 0.210 e. The number of hydrogen-bond acceptors (Lipinski definition) is 2. The molecule has 3 nitrogen and oxygen atoms in total. The second-order valence-corrected chi connectivity index (χ2v) is 1.75. The van der Waals surface area contributed by atoms with Crippen LogP contribution in [0, 0.1) is 0 Å². The average Bonchev–Trinajstić information content (AvgIpc) is 1.82. The van der Waals surface area contributed by atoms with Crippen LogP contribution in [-0.4, -0.2) is 18.2 Å². The first-order chi connectivity index (χ1) is 4.18. The van der Waals surface area contributed by atoms with Crippen LogP contribution in [0.2, 0.25) is 0 Å². The SMILES string of the molecule is C=N/C=N\C(O)=C(C)C. The lowest BCUT2D eigenvalue weighted by atomic mass is 10.4. The molecule has 50 valence electrons. The van der Waals surface area contributed by atoms with Gasteiger partial charge in [-0.15, -0.1) is 0 Å². The Kier molecular flexibility index (Phi) is 3.35. The van der Waals surface area contributed by atoms with Gasteiger partial charge in [0.2, 0.25) is 5.88 Å². The van der Waals surface area contributed by atoms with Crippen LogP contribution in [-0.2, 0) is 0 Å². The zero-order valence-corrected chi connectivity index (χ0v) is 5.63. The van der Waals surface area contributed by atoms with E-state index < -0.39 is 0 Å². The second-order valence-electron chi connectivity index (χ2n) is 1.75. The molecule has 0 unspecified atom stereocenters. The Morgan fingerprint density at radius 3 is 2.44 bits per heavy atom. The molecule has 0 aliphatic rings. The first kappa shape index (κ1) is 7.88. The molecule has 0 radical (unpaired) electrons. The van der Waals surface area contributed by atoms with Crippen LogP contribution in [0.25, 0.3) is 0 Å². The molecule has 0 heterocycles. The van der Waals surface area contributed by atoms with E-state index in [4.69, 9.17) is 5.11 Å². The van der Waals surface area contributed by atoms with E-state index in [1.54, 1.807) is 13.8 Å². The molecule has 0 rings (SSSR count). The summed E-state index contributed by atoms with van der Waals surface area (Å²) in [6.07, 6.45) is 1.20. The summed E-state index contributed by atoms with van der Waals surface area (Å²) < 4.78 is 0. The van der Waals surface area contributed by atoms with Gasteiger partial charge in [-0.1, -0.05) is 0 Å². The minimum absolute atomic E-state index is 0.00222. The number of aliphatic hydroxyl groups excluding tert-OH is 1. The highest BCUT2D eigenvalue weighted by atomic mass is 16.3. The Morgan fingerprint density at radius 2 is 2.11 bits per heavy atom. The van der Waals surface area contributed by atoms with Gasteiger partial charge in [-0.25, -0.2) is 4.99 Å². The summed E-state index contributed by atoms with van der Waals surface area (Å²) in [5.41, 5.74) is 0.759. The van der Waals surface area contributed by atoms with Gasteiger partial charge in [-0.2, -0.15) is 0 Å². The molecule has 0 aromatic heterocycles. The number of aliphatic hydroxyl groups is 1. The number of nitrogens with zero attached hydrogens (tertiary/aromatic N) is 2. The minimum atomic E-state index is 0.00222. The summed E-state index contributed by atoms with van der Waals surface area (Å²) in [4.78, 5) is 6.85. The van der Waals surface area contributed by atoms with Crippen molar-refractivity contribution in [2.75, 3.05) is 0 Å². The lowest BCUT2D eigenvalue weighted by Crippen LogP contribution is -1.78. The summed E-state index contributed by atoms with van der Waals surface area (Å²) in [5, 5.41) is 8.85. The van der Waals surface area contributed by atoms with E-state index in [9.17, 15) is 0 Å². The van der Waals surface area contributed by atoms with Gasteiger partial charge in [0.1, 0.15) is 6.34 Å². The molecule has 0 bridgehead atoms. The van der Waals surface area contributed by atoms with Crippen molar-refractivity contribution in [3.05, 3.63) is 11.5 Å². The first-order valence-electron chi connectivity index (χ1n) is 2.53. The van der Waals surface area contributed by atoms with Crippen molar-refractivity contribution in [3.8, 4) is 0 Å². The summed E-state index contributed by atoms with van der Waals surface area (Å²) in [5.74, 6) is 0.00222. The Hall–Kier alpha value is -1.12. The molecule has 0 atom stereocenters. The zero-order chi connectivity index (χ0) is 7.28. The van der Waals surface area contributed by atoms with E-state index in [-0.39, 0.29) is 5.88 Å². The topological polar surface area (TPSA) is 45.0 Å². The Morgan fingerprint density at radius 1 is 1.56 bits per heavy atom. The Bertz CT molecular complexity index is 154. The van der Waals surface area contributed by atoms with Crippen molar-refractivity contribution in [3.63, 3.8) is 0 Å². The van der Waals surface area contributed by atoms with E-state index in [1.807, 2.05) is 0 Å². The molecular weight excluding hydrogens is 116 g/mol. The number of aliphatic imine (C=N–C) groups is 2. The first-order valence-corrected chi connectivity index (χ1v) is 2.53. The van der Waals surface area contributed by atoms with Crippen LogP contribution in [0.5, 0.6) is 0 Å². The molecule has 0 aromatic rings. The van der Waals surface area contributed by atoms with Crippen molar-refractivity contribution < 1.29 is 5.11 Å². The van der Waals surface area contributed by atoms with Gasteiger partial charge in [0.25, 0.3) is 0 Å². The van der Waals surface area contributed by atoms with E-state index in [0.29, 0.717) is 0 Å². The van der Waals surface area contributed by atoms with Crippen molar-refractivity contribution in [2.24, 2.45) is 9.98 Å². The average molecular weight is 126 g/mol. The van der Waals surface area contributed by atoms with Gasteiger partial charge in [-0.05, 0) is 26.1 Å². The molecule has 0 aliphatic heterocycles. The zero-order valence-electron chi connectivity index (χ0n) is 5.63. The number of rotatable bonds is 2. The highest BCUT2D eigenvalue weighted by Crippen LogP contribution is 1.97. The molecular formula is C6H10N2O. The summed E-state index contributed by atoms with van der Waals surface area (Å²) >= 11 is 0. The van der Waals surface area contributed by atoms with Crippen LogP contribution in [0.3, 0.4) is 0 Å². The number of hydrogen-bond donors (Lipinski definition) is 1. The molecule has 0 saturated heterocycles. The van der Waals surface area contributed by atoms with Crippen molar-refractivity contribution in [2.45, 2.75) is 13.8 Å². The fraction of sp³-hybridized carbons (Fsp3) is 0.333. The fourth-order valence-corrected chi connectivity index (χ4v) is 0.225. The molecule has 1 N–H and O–H groups in total. The van der Waals surface area contributed by atoms with Crippen molar-refractivity contribution >= 4 is 13.1 Å².